The third kappa shape index (κ3) is 3.66. The maximum absolute atomic E-state index is 11.8. The lowest BCUT2D eigenvalue weighted by atomic mass is 9.98. The zero-order valence-corrected chi connectivity index (χ0v) is 14.7. The van der Waals surface area contributed by atoms with Crippen molar-refractivity contribution in [3.8, 4) is 5.75 Å². The summed E-state index contributed by atoms with van der Waals surface area (Å²) >= 11 is 0. The number of nitrogens with zero attached hydrogens (tertiary/aromatic N) is 2. The molecule has 0 saturated carbocycles. The Morgan fingerprint density at radius 1 is 1.36 bits per heavy atom. The number of pyridine rings is 1. The predicted molar refractivity (Wildman–Crippen MR) is 95.8 cm³/mol. The summed E-state index contributed by atoms with van der Waals surface area (Å²) in [5.74, 6) is 0.0110. The van der Waals surface area contributed by atoms with Crippen LogP contribution in [0.1, 0.15) is 42.6 Å². The minimum Gasteiger partial charge on any atom is -0.494 e. The van der Waals surface area contributed by atoms with Crippen LogP contribution in [-0.2, 0) is 4.79 Å². The number of hydrogen-bond donors (Lipinski definition) is 1. The second kappa shape index (κ2) is 7.66. The molecule has 0 radical (unpaired) electrons. The molecule has 1 N–H and O–H groups in total. The smallest absolute Gasteiger partial charge is 0.320 e. The summed E-state index contributed by atoms with van der Waals surface area (Å²) in [5, 5.41) is 9.65. The Hall–Kier alpha value is -2.40. The van der Waals surface area contributed by atoms with Gasteiger partial charge in [-0.25, -0.2) is 0 Å². The molecule has 25 heavy (non-hydrogen) atoms. The number of hydrogen-bond acceptors (Lipinski definition) is 4. The van der Waals surface area contributed by atoms with Crippen LogP contribution in [0, 0.1) is 6.92 Å². The number of aryl methyl sites for hydroxylation is 1. The van der Waals surface area contributed by atoms with Crippen molar-refractivity contribution >= 4 is 5.97 Å². The predicted octanol–water partition coefficient (Wildman–Crippen LogP) is 3.43. The van der Waals surface area contributed by atoms with E-state index in [1.54, 1.807) is 0 Å². The van der Waals surface area contributed by atoms with Gasteiger partial charge in [0.1, 0.15) is 11.8 Å². The lowest BCUT2D eigenvalue weighted by Gasteiger charge is -2.32. The molecule has 5 heteroatoms. The van der Waals surface area contributed by atoms with Gasteiger partial charge in [0.25, 0.3) is 0 Å². The van der Waals surface area contributed by atoms with Gasteiger partial charge in [0.15, 0.2) is 0 Å². The van der Waals surface area contributed by atoms with Crippen LogP contribution in [0.25, 0.3) is 0 Å². The minimum absolute atomic E-state index is 0.230. The highest BCUT2D eigenvalue weighted by atomic mass is 16.5. The monoisotopic (exact) mass is 340 g/mol. The summed E-state index contributed by atoms with van der Waals surface area (Å²) in [4.78, 5) is 18.4. The Morgan fingerprint density at radius 2 is 2.16 bits per heavy atom. The normalized spacial score (nSPS) is 18.9. The Balaban J connectivity index is 2.09. The van der Waals surface area contributed by atoms with E-state index in [1.165, 1.54) is 0 Å². The summed E-state index contributed by atoms with van der Waals surface area (Å²) < 4.78 is 5.82. The van der Waals surface area contributed by atoms with Gasteiger partial charge in [-0.3, -0.25) is 14.7 Å². The van der Waals surface area contributed by atoms with Gasteiger partial charge in [-0.2, -0.15) is 0 Å². The van der Waals surface area contributed by atoms with Crippen LogP contribution in [0.3, 0.4) is 0 Å². The highest BCUT2D eigenvalue weighted by Crippen LogP contribution is 2.38. The zero-order valence-electron chi connectivity index (χ0n) is 14.7. The molecule has 0 bridgehead atoms. The molecule has 5 nitrogen and oxygen atoms in total. The Bertz CT molecular complexity index is 730. The van der Waals surface area contributed by atoms with E-state index in [2.05, 4.69) is 4.98 Å². The van der Waals surface area contributed by atoms with E-state index in [9.17, 15) is 9.90 Å². The summed E-state index contributed by atoms with van der Waals surface area (Å²) in [6.07, 6.45) is 3.36. The molecular weight excluding hydrogens is 316 g/mol. The van der Waals surface area contributed by atoms with Crippen molar-refractivity contribution < 1.29 is 14.6 Å². The van der Waals surface area contributed by atoms with E-state index in [4.69, 9.17) is 4.74 Å². The molecular formula is C20H24N2O3. The maximum atomic E-state index is 11.8. The van der Waals surface area contributed by atoms with Gasteiger partial charge >= 0.3 is 5.97 Å². The van der Waals surface area contributed by atoms with Crippen molar-refractivity contribution in [3.63, 3.8) is 0 Å². The number of carboxylic acid groups (broad SMARTS) is 1. The number of rotatable bonds is 6. The summed E-state index contributed by atoms with van der Waals surface area (Å²) in [6.45, 7) is 5.24. The number of likely N-dealkylation sites (tertiary alicyclic amines) is 1. The molecule has 1 aromatic heterocycles. The topological polar surface area (TPSA) is 62.7 Å². The van der Waals surface area contributed by atoms with Crippen molar-refractivity contribution in [2.75, 3.05) is 13.2 Å². The fourth-order valence-corrected chi connectivity index (χ4v) is 3.51. The van der Waals surface area contributed by atoms with Crippen molar-refractivity contribution in [3.05, 3.63) is 59.4 Å². The molecule has 1 aromatic carbocycles. The van der Waals surface area contributed by atoms with Gasteiger partial charge in [0, 0.05) is 18.3 Å². The van der Waals surface area contributed by atoms with Crippen molar-refractivity contribution in [2.24, 2.45) is 0 Å². The summed E-state index contributed by atoms with van der Waals surface area (Å²) in [5.41, 5.74) is 2.90. The van der Waals surface area contributed by atoms with Crippen LogP contribution in [0.5, 0.6) is 5.75 Å². The summed E-state index contributed by atoms with van der Waals surface area (Å²) in [6, 6.07) is 11.1. The Morgan fingerprint density at radius 3 is 2.84 bits per heavy atom. The molecule has 0 aliphatic carbocycles. The molecule has 0 amide bonds. The Labute approximate surface area is 148 Å². The average Bonchev–Trinajstić information content (AvgIpc) is 3.08. The van der Waals surface area contributed by atoms with E-state index in [0.29, 0.717) is 13.0 Å². The molecule has 1 fully saturated rings. The zero-order chi connectivity index (χ0) is 17.8. The van der Waals surface area contributed by atoms with E-state index in [-0.39, 0.29) is 6.04 Å². The van der Waals surface area contributed by atoms with E-state index < -0.39 is 12.0 Å². The first kappa shape index (κ1) is 17.4. The molecule has 2 heterocycles. The largest absolute Gasteiger partial charge is 0.494 e. The number of carboxylic acids is 1. The molecule has 1 aliphatic rings. The fourth-order valence-electron chi connectivity index (χ4n) is 3.51. The molecule has 2 atom stereocenters. The molecule has 1 aliphatic heterocycles. The van der Waals surface area contributed by atoms with Gasteiger partial charge in [-0.15, -0.1) is 0 Å². The highest BCUT2D eigenvalue weighted by molar-refractivity contribution is 5.74. The van der Waals surface area contributed by atoms with Crippen LogP contribution in [-0.4, -0.2) is 40.2 Å². The van der Waals surface area contributed by atoms with Crippen molar-refractivity contribution in [2.45, 2.75) is 38.8 Å². The van der Waals surface area contributed by atoms with Crippen LogP contribution >= 0.6 is 0 Å². The van der Waals surface area contributed by atoms with Crippen LogP contribution in [0.4, 0.5) is 0 Å². The first-order valence-electron chi connectivity index (χ1n) is 8.74. The second-order valence-corrected chi connectivity index (χ2v) is 6.37. The van der Waals surface area contributed by atoms with Crippen LogP contribution in [0.2, 0.25) is 0 Å². The number of aromatic nitrogens is 1. The van der Waals surface area contributed by atoms with E-state index >= 15 is 0 Å². The lowest BCUT2D eigenvalue weighted by Crippen LogP contribution is -2.39. The third-order valence-electron chi connectivity index (χ3n) is 4.64. The lowest BCUT2D eigenvalue weighted by molar-refractivity contribution is -0.142. The van der Waals surface area contributed by atoms with Crippen LogP contribution in [0.15, 0.2) is 42.6 Å². The molecule has 132 valence electrons. The number of carbonyl (C=O) groups is 1. The first-order chi connectivity index (χ1) is 12.1. The fraction of sp³-hybridized carbons (Fsp3) is 0.400. The van der Waals surface area contributed by atoms with Gasteiger partial charge < -0.3 is 9.84 Å². The molecule has 2 unspecified atom stereocenters. The number of benzene rings is 1. The van der Waals surface area contributed by atoms with E-state index in [1.807, 2.05) is 61.3 Å². The maximum Gasteiger partial charge on any atom is 0.320 e. The van der Waals surface area contributed by atoms with Gasteiger partial charge in [-0.05, 0) is 44.4 Å². The SMILES string of the molecule is CCOc1ccccc1C(c1ccc(C)cn1)N1CCCC1C(=O)O. The molecule has 3 rings (SSSR count). The van der Waals surface area contributed by atoms with Crippen molar-refractivity contribution in [1.82, 2.24) is 9.88 Å². The third-order valence-corrected chi connectivity index (χ3v) is 4.64. The standard InChI is InChI=1S/C20H24N2O3/c1-3-25-18-9-5-4-7-15(18)19(16-11-10-14(2)13-21-16)22-12-6-8-17(22)20(23)24/h4-5,7,9-11,13,17,19H,3,6,8,12H2,1-2H3,(H,23,24). The molecule has 0 spiro atoms. The number of ether oxygens (including phenoxy) is 1. The quantitative estimate of drug-likeness (QED) is 0.873. The van der Waals surface area contributed by atoms with E-state index in [0.717, 1.165) is 35.5 Å². The molecule has 1 saturated heterocycles. The number of aliphatic carboxylic acids is 1. The van der Waals surface area contributed by atoms with Gasteiger partial charge in [-0.1, -0.05) is 24.3 Å². The van der Waals surface area contributed by atoms with Gasteiger partial charge in [0.05, 0.1) is 18.3 Å². The number of para-hydroxylation sites is 1. The molecule has 2 aromatic rings. The minimum atomic E-state index is -0.775. The first-order valence-corrected chi connectivity index (χ1v) is 8.74. The highest BCUT2D eigenvalue weighted by Gasteiger charge is 2.38. The van der Waals surface area contributed by atoms with Gasteiger partial charge in [0.2, 0.25) is 0 Å². The second-order valence-electron chi connectivity index (χ2n) is 6.37. The van der Waals surface area contributed by atoms with Crippen molar-refractivity contribution in [1.29, 1.82) is 0 Å². The van der Waals surface area contributed by atoms with Crippen LogP contribution < -0.4 is 4.74 Å². The Kier molecular flexibility index (Phi) is 5.34. The summed E-state index contributed by atoms with van der Waals surface area (Å²) in [7, 11) is 0. The average molecular weight is 340 g/mol.